The van der Waals surface area contributed by atoms with Gasteiger partial charge in [-0.05, 0) is 44.5 Å². The molecule has 0 N–H and O–H groups in total. The molecule has 5 heteroatoms. The minimum Gasteiger partial charge on any atom is -0.381 e. The van der Waals surface area contributed by atoms with Gasteiger partial charge in [-0.1, -0.05) is 5.16 Å². The molecule has 0 spiro atoms. The number of nitrogens with zero attached hydrogens (tertiary/aromatic N) is 3. The van der Waals surface area contributed by atoms with Crippen molar-refractivity contribution in [3.63, 3.8) is 0 Å². The average molecular weight is 287 g/mol. The first-order valence-corrected chi connectivity index (χ1v) is 7.58. The summed E-state index contributed by atoms with van der Waals surface area (Å²) in [6.07, 6.45) is 0.972. The lowest BCUT2D eigenvalue weighted by Gasteiger charge is -2.20. The summed E-state index contributed by atoms with van der Waals surface area (Å²) in [5.74, 6) is 1.62. The van der Waals surface area contributed by atoms with E-state index in [1.807, 2.05) is 12.1 Å². The molecule has 0 amide bonds. The molecule has 2 heterocycles. The van der Waals surface area contributed by atoms with Crippen LogP contribution in [0.4, 0.5) is 5.69 Å². The van der Waals surface area contributed by atoms with E-state index in [9.17, 15) is 0 Å². The zero-order valence-electron chi connectivity index (χ0n) is 12.6. The Bertz CT molecular complexity index is 569. The van der Waals surface area contributed by atoms with Crippen LogP contribution in [0.25, 0.3) is 11.5 Å². The van der Waals surface area contributed by atoms with Crippen molar-refractivity contribution in [2.24, 2.45) is 0 Å². The van der Waals surface area contributed by atoms with E-state index in [0.717, 1.165) is 37.5 Å². The lowest BCUT2D eigenvalue weighted by Crippen LogP contribution is -2.21. The van der Waals surface area contributed by atoms with E-state index in [1.165, 1.54) is 5.69 Å². The Morgan fingerprint density at radius 3 is 2.57 bits per heavy atom. The van der Waals surface area contributed by atoms with Crippen LogP contribution >= 0.6 is 0 Å². The molecule has 1 aromatic heterocycles. The van der Waals surface area contributed by atoms with Crippen molar-refractivity contribution in [3.05, 3.63) is 30.1 Å². The third kappa shape index (κ3) is 2.93. The van der Waals surface area contributed by atoms with Crippen LogP contribution in [0, 0.1) is 0 Å². The number of anilines is 1. The van der Waals surface area contributed by atoms with E-state index >= 15 is 0 Å². The van der Waals surface area contributed by atoms with Crippen LogP contribution in [-0.2, 0) is 4.74 Å². The SMILES string of the molecule is CCN(CC)c1ccc(-c2nc([C@H]3CCOC3)no2)cc1. The fourth-order valence-electron chi connectivity index (χ4n) is 2.66. The van der Waals surface area contributed by atoms with Gasteiger partial charge in [-0.15, -0.1) is 0 Å². The summed E-state index contributed by atoms with van der Waals surface area (Å²) in [4.78, 5) is 6.81. The van der Waals surface area contributed by atoms with Gasteiger partial charge < -0.3 is 14.2 Å². The molecule has 0 saturated carbocycles. The highest BCUT2D eigenvalue weighted by Gasteiger charge is 2.23. The average Bonchev–Trinajstić information content (AvgIpc) is 3.20. The smallest absolute Gasteiger partial charge is 0.257 e. The second-order valence-corrected chi connectivity index (χ2v) is 5.24. The zero-order chi connectivity index (χ0) is 14.7. The van der Waals surface area contributed by atoms with Gasteiger partial charge in [0.25, 0.3) is 5.89 Å². The Kier molecular flexibility index (Phi) is 4.20. The number of hydrogen-bond donors (Lipinski definition) is 0. The molecule has 0 aliphatic carbocycles. The zero-order valence-corrected chi connectivity index (χ0v) is 12.6. The Balaban J connectivity index is 1.77. The van der Waals surface area contributed by atoms with Gasteiger partial charge in [0.05, 0.1) is 6.61 Å². The molecule has 0 radical (unpaired) electrons. The van der Waals surface area contributed by atoms with E-state index in [4.69, 9.17) is 9.26 Å². The Morgan fingerprint density at radius 2 is 1.95 bits per heavy atom. The number of rotatable bonds is 5. The summed E-state index contributed by atoms with van der Waals surface area (Å²) in [6, 6.07) is 8.28. The van der Waals surface area contributed by atoms with Gasteiger partial charge in [-0.25, -0.2) is 0 Å². The third-order valence-electron chi connectivity index (χ3n) is 3.98. The molecule has 1 aliphatic heterocycles. The predicted octanol–water partition coefficient (Wildman–Crippen LogP) is 3.09. The minimum absolute atomic E-state index is 0.275. The van der Waals surface area contributed by atoms with Gasteiger partial charge in [0.1, 0.15) is 0 Å². The molecule has 5 nitrogen and oxygen atoms in total. The fraction of sp³-hybridized carbons (Fsp3) is 0.500. The number of aromatic nitrogens is 2. The maximum Gasteiger partial charge on any atom is 0.257 e. The molecule has 0 unspecified atom stereocenters. The van der Waals surface area contributed by atoms with Gasteiger partial charge in [0, 0.05) is 36.9 Å². The van der Waals surface area contributed by atoms with Crippen LogP contribution in [0.5, 0.6) is 0 Å². The van der Waals surface area contributed by atoms with Crippen molar-refractivity contribution in [1.29, 1.82) is 0 Å². The van der Waals surface area contributed by atoms with Crippen molar-refractivity contribution in [2.45, 2.75) is 26.2 Å². The normalized spacial score (nSPS) is 18.1. The van der Waals surface area contributed by atoms with E-state index < -0.39 is 0 Å². The maximum absolute atomic E-state index is 5.39. The van der Waals surface area contributed by atoms with E-state index in [0.29, 0.717) is 12.5 Å². The molecular weight excluding hydrogens is 266 g/mol. The molecule has 1 saturated heterocycles. The highest BCUT2D eigenvalue weighted by molar-refractivity contribution is 5.59. The lowest BCUT2D eigenvalue weighted by atomic mass is 10.1. The molecular formula is C16H21N3O2. The first kappa shape index (κ1) is 14.1. The summed E-state index contributed by atoms with van der Waals surface area (Å²) in [6.45, 7) is 7.80. The van der Waals surface area contributed by atoms with Gasteiger partial charge in [0.15, 0.2) is 5.82 Å². The summed E-state index contributed by atoms with van der Waals surface area (Å²) in [7, 11) is 0. The molecule has 1 fully saturated rings. The molecule has 21 heavy (non-hydrogen) atoms. The standard InChI is InChI=1S/C16H21N3O2/c1-3-19(4-2)14-7-5-12(6-8-14)16-17-15(18-21-16)13-9-10-20-11-13/h5-8,13H,3-4,9-11H2,1-2H3/t13-/m0/s1. The maximum atomic E-state index is 5.39. The van der Waals surface area contributed by atoms with E-state index in [-0.39, 0.29) is 5.92 Å². The van der Waals surface area contributed by atoms with Gasteiger partial charge in [-0.3, -0.25) is 0 Å². The highest BCUT2D eigenvalue weighted by atomic mass is 16.5. The first-order chi connectivity index (χ1) is 10.3. The molecule has 2 aromatic rings. The van der Waals surface area contributed by atoms with Crippen molar-refractivity contribution in [2.75, 3.05) is 31.2 Å². The van der Waals surface area contributed by atoms with Gasteiger partial charge in [-0.2, -0.15) is 4.98 Å². The van der Waals surface area contributed by atoms with Crippen LogP contribution in [0.15, 0.2) is 28.8 Å². The largest absolute Gasteiger partial charge is 0.381 e. The second kappa shape index (κ2) is 6.26. The Hall–Kier alpha value is -1.88. The highest BCUT2D eigenvalue weighted by Crippen LogP contribution is 2.26. The van der Waals surface area contributed by atoms with Crippen molar-refractivity contribution >= 4 is 5.69 Å². The quantitative estimate of drug-likeness (QED) is 0.846. The van der Waals surface area contributed by atoms with Gasteiger partial charge >= 0.3 is 0 Å². The molecule has 1 aromatic carbocycles. The third-order valence-corrected chi connectivity index (χ3v) is 3.98. The van der Waals surface area contributed by atoms with Crippen molar-refractivity contribution in [3.8, 4) is 11.5 Å². The molecule has 1 atom stereocenters. The molecule has 112 valence electrons. The summed E-state index contributed by atoms with van der Waals surface area (Å²) in [5, 5.41) is 4.09. The summed E-state index contributed by atoms with van der Waals surface area (Å²) in [5.41, 5.74) is 2.18. The number of benzene rings is 1. The monoisotopic (exact) mass is 287 g/mol. The van der Waals surface area contributed by atoms with Crippen LogP contribution in [0.2, 0.25) is 0 Å². The van der Waals surface area contributed by atoms with Crippen molar-refractivity contribution in [1.82, 2.24) is 10.1 Å². The van der Waals surface area contributed by atoms with Crippen LogP contribution < -0.4 is 4.90 Å². The topological polar surface area (TPSA) is 51.4 Å². The molecule has 0 bridgehead atoms. The Labute approximate surface area is 124 Å². The van der Waals surface area contributed by atoms with E-state index in [1.54, 1.807) is 0 Å². The molecule has 3 rings (SSSR count). The predicted molar refractivity (Wildman–Crippen MR) is 81.5 cm³/mol. The van der Waals surface area contributed by atoms with Crippen LogP contribution in [-0.4, -0.2) is 36.4 Å². The lowest BCUT2D eigenvalue weighted by molar-refractivity contribution is 0.192. The number of hydrogen-bond acceptors (Lipinski definition) is 5. The number of ether oxygens (including phenoxy) is 1. The van der Waals surface area contributed by atoms with E-state index in [2.05, 4.69) is 41.0 Å². The fourth-order valence-corrected chi connectivity index (χ4v) is 2.66. The van der Waals surface area contributed by atoms with Crippen LogP contribution in [0.3, 0.4) is 0 Å². The Morgan fingerprint density at radius 1 is 1.19 bits per heavy atom. The van der Waals surface area contributed by atoms with Crippen LogP contribution in [0.1, 0.15) is 32.0 Å². The minimum atomic E-state index is 0.275. The summed E-state index contributed by atoms with van der Waals surface area (Å²) < 4.78 is 10.8. The van der Waals surface area contributed by atoms with Gasteiger partial charge in [0.2, 0.25) is 0 Å². The van der Waals surface area contributed by atoms with Crippen molar-refractivity contribution < 1.29 is 9.26 Å². The molecule has 1 aliphatic rings. The summed E-state index contributed by atoms with van der Waals surface area (Å²) >= 11 is 0. The second-order valence-electron chi connectivity index (χ2n) is 5.24. The first-order valence-electron chi connectivity index (χ1n) is 7.58.